The highest BCUT2D eigenvalue weighted by Gasteiger charge is 2.40. The molecule has 0 saturated carbocycles. The summed E-state index contributed by atoms with van der Waals surface area (Å²) in [5, 5.41) is 3.22. The molecule has 2 atom stereocenters. The lowest BCUT2D eigenvalue weighted by molar-refractivity contribution is 0.0211. The lowest BCUT2D eigenvalue weighted by Gasteiger charge is -2.49. The summed E-state index contributed by atoms with van der Waals surface area (Å²) >= 11 is 0. The van der Waals surface area contributed by atoms with Gasteiger partial charge in [-0.1, -0.05) is 24.3 Å². The van der Waals surface area contributed by atoms with Crippen molar-refractivity contribution >= 4 is 5.91 Å². The van der Waals surface area contributed by atoms with Gasteiger partial charge in [-0.25, -0.2) is 0 Å². The molecule has 1 aromatic carbocycles. The minimum absolute atomic E-state index is 0.0968. The lowest BCUT2D eigenvalue weighted by atomic mass is 9.79. The maximum Gasteiger partial charge on any atom is 0.287 e. The van der Waals surface area contributed by atoms with Gasteiger partial charge in [-0.2, -0.15) is 0 Å². The molecule has 3 aliphatic heterocycles. The Morgan fingerprint density at radius 3 is 2.62 bits per heavy atom. The van der Waals surface area contributed by atoms with Crippen molar-refractivity contribution in [3.63, 3.8) is 0 Å². The van der Waals surface area contributed by atoms with Gasteiger partial charge < -0.3 is 9.73 Å². The van der Waals surface area contributed by atoms with Crippen LogP contribution in [0, 0.1) is 12.8 Å². The minimum atomic E-state index is -0.0968. The average molecular weight is 324 g/mol. The number of carbonyl (C=O) groups is 1. The Morgan fingerprint density at radius 2 is 1.92 bits per heavy atom. The van der Waals surface area contributed by atoms with Gasteiger partial charge in [0, 0.05) is 17.6 Å². The SMILES string of the molecule is Cc1ccccc1-c1ccc(C(=O)N[C@@H]2C3CCN(CC3)[C@H]2C)o1. The molecule has 3 fully saturated rings. The summed E-state index contributed by atoms with van der Waals surface area (Å²) in [6, 6.07) is 12.4. The molecular formula is C20H24N2O2. The van der Waals surface area contributed by atoms with Crippen molar-refractivity contribution in [2.45, 2.75) is 38.8 Å². The van der Waals surface area contributed by atoms with E-state index in [0.717, 1.165) is 30.0 Å². The molecule has 0 radical (unpaired) electrons. The normalized spacial score (nSPS) is 28.8. The summed E-state index contributed by atoms with van der Waals surface area (Å²) in [7, 11) is 0. The van der Waals surface area contributed by atoms with E-state index < -0.39 is 0 Å². The van der Waals surface area contributed by atoms with Crippen LogP contribution >= 0.6 is 0 Å². The molecule has 2 aromatic rings. The van der Waals surface area contributed by atoms with Crippen LogP contribution in [0.3, 0.4) is 0 Å². The standard InChI is InChI=1S/C20H24N2O2/c1-13-5-3-4-6-16(13)17-7-8-18(24-17)20(23)21-19-14(2)22-11-9-15(19)10-12-22/h3-8,14-15,19H,9-12H2,1-2H3,(H,21,23)/t14-,19-/m0/s1. The molecule has 4 heteroatoms. The maximum absolute atomic E-state index is 12.6. The smallest absolute Gasteiger partial charge is 0.287 e. The molecule has 2 bridgehead atoms. The van der Waals surface area contributed by atoms with Crippen LogP contribution in [0.2, 0.25) is 0 Å². The number of benzene rings is 1. The monoisotopic (exact) mass is 324 g/mol. The quantitative estimate of drug-likeness (QED) is 0.940. The van der Waals surface area contributed by atoms with Crippen LogP contribution in [0.25, 0.3) is 11.3 Å². The Kier molecular flexibility index (Phi) is 3.93. The predicted octanol–water partition coefficient (Wildman–Crippen LogP) is 3.47. The summed E-state index contributed by atoms with van der Waals surface area (Å²) in [4.78, 5) is 15.1. The van der Waals surface area contributed by atoms with Gasteiger partial charge in [0.1, 0.15) is 5.76 Å². The van der Waals surface area contributed by atoms with Crippen molar-refractivity contribution in [2.24, 2.45) is 5.92 Å². The average Bonchev–Trinajstić information content (AvgIpc) is 3.09. The highest BCUT2D eigenvalue weighted by atomic mass is 16.3. The first kappa shape index (κ1) is 15.5. The first-order valence-electron chi connectivity index (χ1n) is 8.84. The van der Waals surface area contributed by atoms with Gasteiger partial charge in [0.25, 0.3) is 5.91 Å². The van der Waals surface area contributed by atoms with Crippen LogP contribution in [0.15, 0.2) is 40.8 Å². The van der Waals surface area contributed by atoms with E-state index in [1.54, 1.807) is 6.07 Å². The number of aryl methyl sites for hydroxylation is 1. The Labute approximate surface area is 142 Å². The van der Waals surface area contributed by atoms with Crippen molar-refractivity contribution in [3.05, 3.63) is 47.7 Å². The zero-order valence-corrected chi connectivity index (χ0v) is 14.3. The van der Waals surface area contributed by atoms with Gasteiger partial charge in [0.15, 0.2) is 5.76 Å². The third-order valence-electron chi connectivity index (χ3n) is 5.72. The molecular weight excluding hydrogens is 300 g/mol. The van der Waals surface area contributed by atoms with Gasteiger partial charge >= 0.3 is 0 Å². The fraction of sp³-hybridized carbons (Fsp3) is 0.450. The molecule has 0 spiro atoms. The van der Waals surface area contributed by atoms with E-state index in [1.165, 1.54) is 12.8 Å². The number of fused-ring (bicyclic) bond motifs is 3. The molecule has 4 nitrogen and oxygen atoms in total. The summed E-state index contributed by atoms with van der Waals surface area (Å²) in [6.07, 6.45) is 2.36. The molecule has 1 aromatic heterocycles. The number of piperidine rings is 3. The van der Waals surface area contributed by atoms with E-state index in [9.17, 15) is 4.79 Å². The van der Waals surface area contributed by atoms with E-state index in [0.29, 0.717) is 17.7 Å². The van der Waals surface area contributed by atoms with E-state index in [1.807, 2.05) is 37.3 Å². The van der Waals surface area contributed by atoms with E-state index in [4.69, 9.17) is 4.42 Å². The highest BCUT2D eigenvalue weighted by molar-refractivity contribution is 5.92. The molecule has 3 saturated heterocycles. The maximum atomic E-state index is 12.6. The van der Waals surface area contributed by atoms with E-state index in [2.05, 4.69) is 17.1 Å². The van der Waals surface area contributed by atoms with E-state index in [-0.39, 0.29) is 11.9 Å². The summed E-state index contributed by atoms with van der Waals surface area (Å²) in [6.45, 7) is 6.59. The second-order valence-electron chi connectivity index (χ2n) is 7.09. The van der Waals surface area contributed by atoms with Gasteiger partial charge in [-0.05, 0) is 63.4 Å². The van der Waals surface area contributed by atoms with Gasteiger partial charge in [0.05, 0.1) is 0 Å². The Bertz CT molecular complexity index is 742. The van der Waals surface area contributed by atoms with Crippen LogP contribution in [0.5, 0.6) is 0 Å². The molecule has 1 amide bonds. The number of carbonyl (C=O) groups excluding carboxylic acids is 1. The van der Waals surface area contributed by atoms with Crippen LogP contribution in [0.4, 0.5) is 0 Å². The van der Waals surface area contributed by atoms with Gasteiger partial charge in [0.2, 0.25) is 0 Å². The Morgan fingerprint density at radius 1 is 1.17 bits per heavy atom. The van der Waals surface area contributed by atoms with E-state index >= 15 is 0 Å². The van der Waals surface area contributed by atoms with Crippen LogP contribution in [-0.4, -0.2) is 36.0 Å². The summed E-state index contributed by atoms with van der Waals surface area (Å²) in [5.74, 6) is 1.65. The second-order valence-corrected chi connectivity index (χ2v) is 7.09. The fourth-order valence-corrected chi connectivity index (χ4v) is 4.22. The van der Waals surface area contributed by atoms with Gasteiger partial charge in [-0.3, -0.25) is 9.69 Å². The number of hydrogen-bond acceptors (Lipinski definition) is 3. The molecule has 3 aliphatic rings. The van der Waals surface area contributed by atoms with Crippen molar-refractivity contribution in [1.29, 1.82) is 0 Å². The number of furan rings is 1. The molecule has 1 N–H and O–H groups in total. The van der Waals surface area contributed by atoms with Crippen LogP contribution in [0.1, 0.15) is 35.9 Å². The largest absolute Gasteiger partial charge is 0.451 e. The number of nitrogens with zero attached hydrogens (tertiary/aromatic N) is 1. The summed E-state index contributed by atoms with van der Waals surface area (Å²) in [5.41, 5.74) is 2.18. The Hall–Kier alpha value is -2.07. The molecule has 0 aliphatic carbocycles. The second kappa shape index (κ2) is 6.10. The highest BCUT2D eigenvalue weighted by Crippen LogP contribution is 2.32. The first-order chi connectivity index (χ1) is 11.6. The number of rotatable bonds is 3. The fourth-order valence-electron chi connectivity index (χ4n) is 4.22. The lowest BCUT2D eigenvalue weighted by Crippen LogP contribution is -2.62. The molecule has 0 unspecified atom stereocenters. The van der Waals surface area contributed by atoms with Crippen molar-refractivity contribution < 1.29 is 9.21 Å². The number of amides is 1. The number of nitrogens with one attached hydrogen (secondary N) is 1. The van der Waals surface area contributed by atoms with Crippen LogP contribution < -0.4 is 5.32 Å². The molecule has 126 valence electrons. The molecule has 24 heavy (non-hydrogen) atoms. The van der Waals surface area contributed by atoms with Crippen molar-refractivity contribution in [2.75, 3.05) is 13.1 Å². The molecule has 5 rings (SSSR count). The van der Waals surface area contributed by atoms with Gasteiger partial charge in [-0.15, -0.1) is 0 Å². The Balaban J connectivity index is 1.51. The van der Waals surface area contributed by atoms with Crippen LogP contribution in [-0.2, 0) is 0 Å². The first-order valence-corrected chi connectivity index (χ1v) is 8.84. The topological polar surface area (TPSA) is 45.5 Å². The minimum Gasteiger partial charge on any atom is -0.451 e. The third kappa shape index (κ3) is 2.65. The van der Waals surface area contributed by atoms with Crippen molar-refractivity contribution in [3.8, 4) is 11.3 Å². The third-order valence-corrected chi connectivity index (χ3v) is 5.72. The zero-order valence-electron chi connectivity index (χ0n) is 14.3. The summed E-state index contributed by atoms with van der Waals surface area (Å²) < 4.78 is 5.84. The molecule has 4 heterocycles. The predicted molar refractivity (Wildman–Crippen MR) is 93.9 cm³/mol. The zero-order chi connectivity index (χ0) is 16.7. The number of hydrogen-bond donors (Lipinski definition) is 1. The van der Waals surface area contributed by atoms with Crippen molar-refractivity contribution in [1.82, 2.24) is 10.2 Å².